The van der Waals surface area contributed by atoms with Gasteiger partial charge in [0.25, 0.3) is 0 Å². The predicted octanol–water partition coefficient (Wildman–Crippen LogP) is 4.04. The van der Waals surface area contributed by atoms with Crippen LogP contribution < -0.4 is 26.2 Å². The van der Waals surface area contributed by atoms with Gasteiger partial charge >= 0.3 is 0 Å². The Kier molecular flexibility index (Phi) is 8.76. The summed E-state index contributed by atoms with van der Waals surface area (Å²) in [5.74, 6) is -0.581. The average molecular weight is 648 g/mol. The number of imide groups is 1. The molecule has 0 spiro atoms. The average Bonchev–Trinajstić information content (AvgIpc) is 3.35. The standard InChI is InChI=1S/C32H35ClFN9O3/c1-17-16-43(32-36-15-23(33)30(40-32)38-19-5-8-24(34)18(12-19)13-28(45)35-2)11-10-25(17)37-20-4-6-21-26(14-20)42(3)41-29(21)22-7-9-27(44)39-31(22)46/h4-6,8,12,14-15,17,22,25,37H,7,9-11,13,16H2,1-3H3,(H,35,45)(H,36,38,40)(H,39,44,46)/t17-,22?,25-/m1/s1. The minimum Gasteiger partial charge on any atom is -0.382 e. The fourth-order valence-corrected chi connectivity index (χ4v) is 6.26. The van der Waals surface area contributed by atoms with Crippen LogP contribution in [0.15, 0.2) is 42.6 Å². The summed E-state index contributed by atoms with van der Waals surface area (Å²) >= 11 is 6.42. The highest BCUT2D eigenvalue weighted by atomic mass is 35.5. The number of fused-ring (bicyclic) bond motifs is 1. The number of carbonyl (C=O) groups is 3. The minimum absolute atomic E-state index is 0.0825. The molecule has 3 atom stereocenters. The summed E-state index contributed by atoms with van der Waals surface area (Å²) in [4.78, 5) is 47.2. The van der Waals surface area contributed by atoms with Crippen LogP contribution in [-0.4, -0.2) is 63.6 Å². The predicted molar refractivity (Wildman–Crippen MR) is 174 cm³/mol. The molecular weight excluding hydrogens is 613 g/mol. The Morgan fingerprint density at radius 2 is 1.96 bits per heavy atom. The first-order chi connectivity index (χ1) is 22.1. The molecule has 0 radical (unpaired) electrons. The third-order valence-electron chi connectivity index (χ3n) is 8.66. The van der Waals surface area contributed by atoms with Crippen molar-refractivity contribution in [3.05, 3.63) is 64.7 Å². The Morgan fingerprint density at radius 1 is 1.15 bits per heavy atom. The molecule has 0 aliphatic carbocycles. The van der Waals surface area contributed by atoms with Crippen molar-refractivity contribution in [2.24, 2.45) is 13.0 Å². The first kappa shape index (κ1) is 31.2. The van der Waals surface area contributed by atoms with Crippen molar-refractivity contribution < 1.29 is 18.8 Å². The second-order valence-corrected chi connectivity index (χ2v) is 12.3. The number of aromatic nitrogens is 4. The van der Waals surface area contributed by atoms with E-state index >= 15 is 0 Å². The van der Waals surface area contributed by atoms with Crippen LogP contribution in [-0.2, 0) is 27.9 Å². The lowest BCUT2D eigenvalue weighted by Gasteiger charge is -2.37. The fourth-order valence-electron chi connectivity index (χ4n) is 6.13. The molecule has 2 aliphatic heterocycles. The maximum Gasteiger partial charge on any atom is 0.235 e. The number of carbonyl (C=O) groups excluding carboxylic acids is 3. The number of anilines is 4. The van der Waals surface area contributed by atoms with Crippen molar-refractivity contribution in [2.75, 3.05) is 35.7 Å². The van der Waals surface area contributed by atoms with E-state index < -0.39 is 11.7 Å². The molecule has 0 bridgehead atoms. The second-order valence-electron chi connectivity index (χ2n) is 11.9. The van der Waals surface area contributed by atoms with Crippen LogP contribution in [0.4, 0.5) is 27.5 Å². The number of hydrogen-bond acceptors (Lipinski definition) is 9. The largest absolute Gasteiger partial charge is 0.382 e. The molecule has 2 aromatic heterocycles. The van der Waals surface area contributed by atoms with E-state index in [0.29, 0.717) is 54.1 Å². The first-order valence-electron chi connectivity index (χ1n) is 15.2. The Hall–Kier alpha value is -4.78. The summed E-state index contributed by atoms with van der Waals surface area (Å²) in [6.07, 6.45) is 3.05. The molecule has 14 heteroatoms. The highest BCUT2D eigenvalue weighted by Gasteiger charge is 2.32. The van der Waals surface area contributed by atoms with Crippen molar-refractivity contribution in [3.8, 4) is 0 Å². The molecule has 2 saturated heterocycles. The van der Waals surface area contributed by atoms with Gasteiger partial charge in [0.05, 0.1) is 29.7 Å². The van der Waals surface area contributed by atoms with Crippen molar-refractivity contribution >= 4 is 63.4 Å². The number of aryl methyl sites for hydroxylation is 1. The molecule has 12 nitrogen and oxygen atoms in total. The zero-order valence-corrected chi connectivity index (χ0v) is 26.5. The van der Waals surface area contributed by atoms with Crippen LogP contribution in [0.3, 0.4) is 0 Å². The number of nitrogens with one attached hydrogen (secondary N) is 4. The van der Waals surface area contributed by atoms with Gasteiger partial charge in [-0.3, -0.25) is 24.4 Å². The first-order valence-corrected chi connectivity index (χ1v) is 15.6. The van der Waals surface area contributed by atoms with E-state index in [-0.39, 0.29) is 41.7 Å². The van der Waals surface area contributed by atoms with Crippen LogP contribution in [0.1, 0.15) is 43.4 Å². The van der Waals surface area contributed by atoms with Gasteiger partial charge < -0.3 is 20.9 Å². The van der Waals surface area contributed by atoms with Gasteiger partial charge in [-0.15, -0.1) is 0 Å². The van der Waals surface area contributed by atoms with Gasteiger partial charge in [-0.05, 0) is 60.7 Å². The normalized spacial score (nSPS) is 20.0. The van der Waals surface area contributed by atoms with Crippen molar-refractivity contribution in [1.82, 2.24) is 30.4 Å². The molecule has 4 N–H and O–H groups in total. The number of benzene rings is 2. The van der Waals surface area contributed by atoms with Gasteiger partial charge in [-0.25, -0.2) is 9.37 Å². The summed E-state index contributed by atoms with van der Waals surface area (Å²) < 4.78 is 16.1. The second kappa shape index (κ2) is 12.9. The van der Waals surface area contributed by atoms with E-state index in [1.807, 2.05) is 25.2 Å². The molecule has 6 rings (SSSR count). The Labute approximate surface area is 270 Å². The molecule has 4 aromatic rings. The third kappa shape index (κ3) is 6.45. The molecule has 0 saturated carbocycles. The molecule has 46 heavy (non-hydrogen) atoms. The highest BCUT2D eigenvalue weighted by Crippen LogP contribution is 2.33. The maximum atomic E-state index is 14.3. The summed E-state index contributed by atoms with van der Waals surface area (Å²) in [6.45, 7) is 3.60. The Bertz CT molecular complexity index is 1830. The summed E-state index contributed by atoms with van der Waals surface area (Å²) in [7, 11) is 3.37. The van der Waals surface area contributed by atoms with E-state index in [1.165, 1.54) is 13.1 Å². The lowest BCUT2D eigenvalue weighted by atomic mass is 9.92. The maximum absolute atomic E-state index is 14.3. The summed E-state index contributed by atoms with van der Waals surface area (Å²) in [6, 6.07) is 10.7. The van der Waals surface area contributed by atoms with Crippen molar-refractivity contribution in [1.29, 1.82) is 0 Å². The van der Waals surface area contributed by atoms with E-state index in [9.17, 15) is 18.8 Å². The molecule has 3 amide bonds. The summed E-state index contributed by atoms with van der Waals surface area (Å²) in [5, 5.41) is 17.6. The smallest absolute Gasteiger partial charge is 0.235 e. The van der Waals surface area contributed by atoms with Gasteiger partial charge in [-0.1, -0.05) is 18.5 Å². The lowest BCUT2D eigenvalue weighted by Crippen LogP contribution is -2.46. The number of hydrogen-bond donors (Lipinski definition) is 4. The van der Waals surface area contributed by atoms with Gasteiger partial charge in [-0.2, -0.15) is 10.1 Å². The monoisotopic (exact) mass is 647 g/mol. The molecule has 240 valence electrons. The zero-order valence-electron chi connectivity index (χ0n) is 25.7. The number of rotatable bonds is 8. The summed E-state index contributed by atoms with van der Waals surface area (Å²) in [5.41, 5.74) is 3.37. The highest BCUT2D eigenvalue weighted by molar-refractivity contribution is 6.32. The van der Waals surface area contributed by atoms with Crippen molar-refractivity contribution in [3.63, 3.8) is 0 Å². The van der Waals surface area contributed by atoms with E-state index in [0.717, 1.165) is 23.0 Å². The quantitative estimate of drug-likeness (QED) is 0.208. The lowest BCUT2D eigenvalue weighted by molar-refractivity contribution is -0.134. The Morgan fingerprint density at radius 3 is 2.72 bits per heavy atom. The van der Waals surface area contributed by atoms with Gasteiger partial charge in [0, 0.05) is 56.4 Å². The number of halogens is 2. The molecular formula is C32H35ClFN9O3. The van der Waals surface area contributed by atoms with Gasteiger partial charge in [0.15, 0.2) is 5.82 Å². The molecule has 2 aliphatic rings. The van der Waals surface area contributed by atoms with E-state index in [4.69, 9.17) is 11.6 Å². The molecule has 4 heterocycles. The van der Waals surface area contributed by atoms with Crippen LogP contribution >= 0.6 is 11.6 Å². The molecule has 2 fully saturated rings. The number of piperidine rings is 2. The fraction of sp³-hybridized carbons (Fsp3) is 0.375. The van der Waals surface area contributed by atoms with Crippen LogP contribution in [0.5, 0.6) is 0 Å². The molecule has 1 unspecified atom stereocenters. The van der Waals surface area contributed by atoms with Gasteiger partial charge in [0.1, 0.15) is 10.8 Å². The van der Waals surface area contributed by atoms with Crippen LogP contribution in [0.2, 0.25) is 5.02 Å². The topological polar surface area (TPSA) is 146 Å². The van der Waals surface area contributed by atoms with E-state index in [2.05, 4.69) is 48.2 Å². The molecule has 2 aromatic carbocycles. The van der Waals surface area contributed by atoms with Crippen LogP contribution in [0, 0.1) is 11.7 Å². The third-order valence-corrected chi connectivity index (χ3v) is 8.94. The van der Waals surface area contributed by atoms with Gasteiger partial charge in [0.2, 0.25) is 23.7 Å². The Balaban J connectivity index is 1.12. The minimum atomic E-state index is -0.466. The number of nitrogens with zero attached hydrogens (tertiary/aromatic N) is 5. The number of amides is 3. The van der Waals surface area contributed by atoms with Crippen molar-refractivity contribution in [2.45, 2.75) is 44.6 Å². The van der Waals surface area contributed by atoms with E-state index in [1.54, 1.807) is 23.0 Å². The number of likely N-dealkylation sites (N-methyl/N-ethyl adjacent to an activating group) is 1. The SMILES string of the molecule is CNC(=O)Cc1cc(Nc2nc(N3CC[C@@H](Nc4ccc5c(C6CCC(=O)NC6=O)nn(C)c5c4)[C@H](C)C3)ncc2Cl)ccc1F. The van der Waals surface area contributed by atoms with Crippen LogP contribution in [0.25, 0.3) is 10.9 Å². The zero-order chi connectivity index (χ0) is 32.5.